The zero-order valence-corrected chi connectivity index (χ0v) is 9.56. The number of hydrogen-bond acceptors (Lipinski definition) is 3. The van der Waals surface area contributed by atoms with E-state index in [9.17, 15) is 14.7 Å². The van der Waals surface area contributed by atoms with Crippen LogP contribution in [0.3, 0.4) is 0 Å². The van der Waals surface area contributed by atoms with Crippen LogP contribution < -0.4 is 0 Å². The van der Waals surface area contributed by atoms with E-state index in [4.69, 9.17) is 5.11 Å². The molecule has 0 radical (unpaired) electrons. The molecule has 0 aromatic rings. The van der Waals surface area contributed by atoms with Gasteiger partial charge in [-0.3, -0.25) is 9.59 Å². The van der Waals surface area contributed by atoms with Crippen LogP contribution in [0.2, 0.25) is 0 Å². The summed E-state index contributed by atoms with van der Waals surface area (Å²) in [6.07, 6.45) is 2.09. The van der Waals surface area contributed by atoms with E-state index < -0.39 is 12.1 Å². The van der Waals surface area contributed by atoms with E-state index in [2.05, 4.69) is 0 Å². The van der Waals surface area contributed by atoms with Gasteiger partial charge in [-0.05, 0) is 26.2 Å². The molecule has 92 valence electrons. The topological polar surface area (TPSA) is 77.8 Å². The number of piperidine rings is 1. The first-order valence-electron chi connectivity index (χ1n) is 5.71. The predicted octanol–water partition coefficient (Wildman–Crippen LogP) is 0.613. The molecule has 1 rings (SSSR count). The van der Waals surface area contributed by atoms with Gasteiger partial charge >= 0.3 is 5.97 Å². The summed E-state index contributed by atoms with van der Waals surface area (Å²) in [5.41, 5.74) is 0. The maximum Gasteiger partial charge on any atom is 0.303 e. The number of carbonyl (C=O) groups is 2. The van der Waals surface area contributed by atoms with Crippen molar-refractivity contribution in [3.63, 3.8) is 0 Å². The van der Waals surface area contributed by atoms with E-state index in [0.717, 1.165) is 19.3 Å². The molecule has 1 amide bonds. The normalized spacial score (nSPS) is 22.9. The number of aliphatic hydroxyl groups excluding tert-OH is 1. The highest BCUT2D eigenvalue weighted by molar-refractivity contribution is 5.81. The van der Waals surface area contributed by atoms with Crippen molar-refractivity contribution in [1.82, 2.24) is 4.90 Å². The number of rotatable bonds is 4. The Bertz CT molecular complexity index is 265. The average Bonchev–Trinajstić information content (AvgIpc) is 2.25. The Hall–Kier alpha value is -1.10. The number of carboxylic acid groups (broad SMARTS) is 1. The molecule has 5 nitrogen and oxygen atoms in total. The van der Waals surface area contributed by atoms with Gasteiger partial charge in [0.05, 0.1) is 18.6 Å². The Morgan fingerprint density at radius 2 is 2.06 bits per heavy atom. The molecule has 0 unspecified atom stereocenters. The van der Waals surface area contributed by atoms with Gasteiger partial charge in [-0.1, -0.05) is 0 Å². The summed E-state index contributed by atoms with van der Waals surface area (Å²) >= 11 is 0. The fourth-order valence-electron chi connectivity index (χ4n) is 2.13. The minimum atomic E-state index is -0.959. The second-order valence-electron chi connectivity index (χ2n) is 4.28. The van der Waals surface area contributed by atoms with Gasteiger partial charge < -0.3 is 15.1 Å². The van der Waals surface area contributed by atoms with Crippen molar-refractivity contribution < 1.29 is 19.8 Å². The van der Waals surface area contributed by atoms with Gasteiger partial charge in [0.25, 0.3) is 0 Å². The molecule has 0 bridgehead atoms. The monoisotopic (exact) mass is 229 g/mol. The summed E-state index contributed by atoms with van der Waals surface area (Å²) in [4.78, 5) is 23.8. The average molecular weight is 229 g/mol. The van der Waals surface area contributed by atoms with Crippen molar-refractivity contribution in [2.75, 3.05) is 6.54 Å². The molecule has 1 aliphatic rings. The van der Waals surface area contributed by atoms with E-state index in [1.807, 2.05) is 0 Å². The second kappa shape index (κ2) is 5.84. The summed E-state index contributed by atoms with van der Waals surface area (Å²) in [5.74, 6) is -1.12. The number of carbonyl (C=O) groups excluding carboxylic acids is 1. The molecule has 1 heterocycles. The van der Waals surface area contributed by atoms with Crippen molar-refractivity contribution in [1.29, 1.82) is 0 Å². The third-order valence-electron chi connectivity index (χ3n) is 2.98. The predicted molar refractivity (Wildman–Crippen MR) is 57.9 cm³/mol. The van der Waals surface area contributed by atoms with Crippen molar-refractivity contribution in [2.45, 2.75) is 51.2 Å². The highest BCUT2D eigenvalue weighted by atomic mass is 16.4. The lowest BCUT2D eigenvalue weighted by molar-refractivity contribution is -0.143. The lowest BCUT2D eigenvalue weighted by Gasteiger charge is -2.37. The van der Waals surface area contributed by atoms with Crippen LogP contribution in [0, 0.1) is 0 Å². The third-order valence-corrected chi connectivity index (χ3v) is 2.98. The van der Waals surface area contributed by atoms with Crippen LogP contribution in [-0.2, 0) is 9.59 Å². The fraction of sp³-hybridized carbons (Fsp3) is 0.818. The number of carboxylic acids is 1. The molecule has 1 aliphatic heterocycles. The second-order valence-corrected chi connectivity index (χ2v) is 4.28. The SMILES string of the molecule is C[C@@H](O)[C@H]1CCCCN1C(=O)CCC(=O)O. The Labute approximate surface area is 95.1 Å². The van der Waals surface area contributed by atoms with Crippen LogP contribution in [0.4, 0.5) is 0 Å². The maximum absolute atomic E-state index is 11.8. The van der Waals surface area contributed by atoms with E-state index in [1.165, 1.54) is 0 Å². The zero-order chi connectivity index (χ0) is 12.1. The van der Waals surface area contributed by atoms with Gasteiger partial charge in [-0.25, -0.2) is 0 Å². The highest BCUT2D eigenvalue weighted by Crippen LogP contribution is 2.20. The molecule has 0 aliphatic carbocycles. The van der Waals surface area contributed by atoms with Gasteiger partial charge in [0.15, 0.2) is 0 Å². The molecular formula is C11H19NO4. The van der Waals surface area contributed by atoms with Gasteiger partial charge in [0.1, 0.15) is 0 Å². The van der Waals surface area contributed by atoms with Gasteiger partial charge in [0, 0.05) is 13.0 Å². The summed E-state index contributed by atoms with van der Waals surface area (Å²) in [7, 11) is 0. The lowest BCUT2D eigenvalue weighted by atomic mass is 9.97. The van der Waals surface area contributed by atoms with Crippen molar-refractivity contribution in [2.24, 2.45) is 0 Å². The maximum atomic E-state index is 11.8. The molecule has 2 atom stereocenters. The largest absolute Gasteiger partial charge is 0.481 e. The van der Waals surface area contributed by atoms with Crippen LogP contribution in [0.1, 0.15) is 39.0 Å². The van der Waals surface area contributed by atoms with Gasteiger partial charge in [-0.15, -0.1) is 0 Å². The Kier molecular flexibility index (Phi) is 4.73. The molecule has 0 saturated carbocycles. The van der Waals surface area contributed by atoms with Gasteiger partial charge in [0.2, 0.25) is 5.91 Å². The summed E-state index contributed by atoms with van der Waals surface area (Å²) in [5, 5.41) is 18.1. The first-order chi connectivity index (χ1) is 7.52. The molecule has 16 heavy (non-hydrogen) atoms. The number of aliphatic hydroxyl groups is 1. The van der Waals surface area contributed by atoms with E-state index in [-0.39, 0.29) is 24.8 Å². The van der Waals surface area contributed by atoms with E-state index in [0.29, 0.717) is 6.54 Å². The minimum absolute atomic E-state index is 0.0263. The summed E-state index contributed by atoms with van der Waals surface area (Å²) in [6.45, 7) is 2.31. The third kappa shape index (κ3) is 3.48. The number of likely N-dealkylation sites (tertiary alicyclic amines) is 1. The smallest absolute Gasteiger partial charge is 0.303 e. The number of aliphatic carboxylic acids is 1. The highest BCUT2D eigenvalue weighted by Gasteiger charge is 2.29. The van der Waals surface area contributed by atoms with Crippen LogP contribution in [0.25, 0.3) is 0 Å². The quantitative estimate of drug-likeness (QED) is 0.740. The first kappa shape index (κ1) is 13.0. The number of nitrogens with zero attached hydrogens (tertiary/aromatic N) is 1. The van der Waals surface area contributed by atoms with Crippen molar-refractivity contribution >= 4 is 11.9 Å². The Morgan fingerprint density at radius 3 is 2.62 bits per heavy atom. The molecule has 1 fully saturated rings. The molecule has 2 N–H and O–H groups in total. The molecule has 5 heteroatoms. The Morgan fingerprint density at radius 1 is 1.38 bits per heavy atom. The Balaban J connectivity index is 2.53. The number of hydrogen-bond donors (Lipinski definition) is 2. The molecular weight excluding hydrogens is 210 g/mol. The fourth-order valence-corrected chi connectivity index (χ4v) is 2.13. The zero-order valence-electron chi connectivity index (χ0n) is 9.56. The van der Waals surface area contributed by atoms with Crippen LogP contribution in [0.5, 0.6) is 0 Å². The standard InChI is InChI=1S/C11H19NO4/c1-8(13)9-4-2-3-7-12(9)10(14)5-6-11(15)16/h8-9,13H,2-7H2,1H3,(H,15,16)/t8-,9-/m1/s1. The number of amides is 1. The lowest BCUT2D eigenvalue weighted by Crippen LogP contribution is -2.48. The first-order valence-corrected chi connectivity index (χ1v) is 5.71. The van der Waals surface area contributed by atoms with E-state index >= 15 is 0 Å². The van der Waals surface area contributed by atoms with Crippen LogP contribution in [-0.4, -0.2) is 45.7 Å². The summed E-state index contributed by atoms with van der Waals surface area (Å²) < 4.78 is 0. The van der Waals surface area contributed by atoms with E-state index in [1.54, 1.807) is 11.8 Å². The molecule has 0 aromatic heterocycles. The summed E-state index contributed by atoms with van der Waals surface area (Å²) in [6, 6.07) is -0.143. The molecule has 0 spiro atoms. The molecule has 1 saturated heterocycles. The van der Waals surface area contributed by atoms with Crippen molar-refractivity contribution in [3.8, 4) is 0 Å². The van der Waals surface area contributed by atoms with Gasteiger partial charge in [-0.2, -0.15) is 0 Å². The van der Waals surface area contributed by atoms with Crippen molar-refractivity contribution in [3.05, 3.63) is 0 Å². The molecule has 0 aromatic carbocycles. The van der Waals surface area contributed by atoms with Crippen LogP contribution >= 0.6 is 0 Å². The minimum Gasteiger partial charge on any atom is -0.481 e. The van der Waals surface area contributed by atoms with Crippen LogP contribution in [0.15, 0.2) is 0 Å².